The summed E-state index contributed by atoms with van der Waals surface area (Å²) in [5.41, 5.74) is 3.03. The van der Waals surface area contributed by atoms with E-state index in [0.29, 0.717) is 16.7 Å². The number of rotatable bonds is 9. The maximum absolute atomic E-state index is 12.5. The summed E-state index contributed by atoms with van der Waals surface area (Å²) in [4.78, 5) is 25.0. The van der Waals surface area contributed by atoms with Gasteiger partial charge in [-0.15, -0.1) is 20.4 Å². The lowest BCUT2D eigenvalue weighted by atomic mass is 9.82. The molecule has 2 atom stereocenters. The number of aromatic nitrogens is 4. The van der Waals surface area contributed by atoms with E-state index in [-0.39, 0.29) is 30.1 Å². The van der Waals surface area contributed by atoms with Crippen LogP contribution in [0.15, 0.2) is 48.5 Å². The zero-order chi connectivity index (χ0) is 27.2. The van der Waals surface area contributed by atoms with Crippen LogP contribution in [0.4, 0.5) is 10.3 Å². The number of amides is 2. The number of aryl methyl sites for hydroxylation is 1. The monoisotopic (exact) mass is 562 g/mol. The normalized spacial score (nSPS) is 17.0. The molecule has 0 spiro atoms. The van der Waals surface area contributed by atoms with E-state index in [4.69, 9.17) is 4.74 Å². The summed E-state index contributed by atoms with van der Waals surface area (Å²) in [5, 5.41) is 25.9. The Labute approximate surface area is 235 Å². The van der Waals surface area contributed by atoms with Crippen molar-refractivity contribution in [3.05, 3.63) is 75.2 Å². The van der Waals surface area contributed by atoms with Crippen LogP contribution >= 0.6 is 22.7 Å². The van der Waals surface area contributed by atoms with E-state index in [2.05, 4.69) is 31.0 Å². The molecule has 9 nitrogen and oxygen atoms in total. The molecule has 1 fully saturated rings. The average molecular weight is 563 g/mol. The zero-order valence-corrected chi connectivity index (χ0v) is 23.5. The van der Waals surface area contributed by atoms with Crippen LogP contribution in [-0.4, -0.2) is 39.3 Å². The number of benzene rings is 2. The second-order valence-electron chi connectivity index (χ2n) is 9.73. The molecule has 2 N–H and O–H groups in total. The van der Waals surface area contributed by atoms with Gasteiger partial charge in [0.15, 0.2) is 0 Å². The van der Waals surface area contributed by atoms with E-state index >= 15 is 0 Å². The summed E-state index contributed by atoms with van der Waals surface area (Å²) < 4.78 is 5.16. The summed E-state index contributed by atoms with van der Waals surface area (Å²) in [7, 11) is 1.61. The van der Waals surface area contributed by atoms with Gasteiger partial charge >= 0.3 is 0 Å². The van der Waals surface area contributed by atoms with Crippen molar-refractivity contribution in [2.75, 3.05) is 17.7 Å². The van der Waals surface area contributed by atoms with E-state index in [1.54, 1.807) is 7.11 Å². The number of nitrogens with one attached hydrogen (secondary N) is 2. The smallest absolute Gasteiger partial charge is 0.230 e. The summed E-state index contributed by atoms with van der Waals surface area (Å²) in [6.07, 6.45) is 4.53. The Bertz CT molecular complexity index is 1420. The van der Waals surface area contributed by atoms with Gasteiger partial charge < -0.3 is 15.4 Å². The molecule has 0 saturated heterocycles. The summed E-state index contributed by atoms with van der Waals surface area (Å²) >= 11 is 2.88. The predicted octanol–water partition coefficient (Wildman–Crippen LogP) is 5.51. The highest BCUT2D eigenvalue weighted by Gasteiger charge is 2.29. The Morgan fingerprint density at radius 2 is 1.28 bits per heavy atom. The standard InChI is InChI=1S/C28H30N6O3S2/c1-17-6-8-18(9-7-17)14-23(35)29-27-33-31-25(38-27)20-4-3-5-21(16-20)26-32-34-28(39-26)30-24(36)15-19-10-12-22(37-2)13-11-19/h6-13,20-21H,3-5,14-16H2,1-2H3,(H,29,33,35)(H,30,34,36). The first-order chi connectivity index (χ1) is 18.9. The van der Waals surface area contributed by atoms with Crippen LogP contribution in [0.1, 0.15) is 64.2 Å². The molecular weight excluding hydrogens is 532 g/mol. The third kappa shape index (κ3) is 7.24. The van der Waals surface area contributed by atoms with Crippen molar-refractivity contribution >= 4 is 44.8 Å². The highest BCUT2D eigenvalue weighted by atomic mass is 32.1. The van der Waals surface area contributed by atoms with E-state index in [9.17, 15) is 9.59 Å². The van der Waals surface area contributed by atoms with E-state index in [0.717, 1.165) is 58.1 Å². The van der Waals surface area contributed by atoms with Crippen LogP contribution in [0.3, 0.4) is 0 Å². The molecule has 0 bridgehead atoms. The molecule has 11 heteroatoms. The lowest BCUT2D eigenvalue weighted by Crippen LogP contribution is -2.14. The molecule has 2 aromatic heterocycles. The topological polar surface area (TPSA) is 119 Å². The molecule has 5 rings (SSSR count). The van der Waals surface area contributed by atoms with Crippen LogP contribution < -0.4 is 15.4 Å². The predicted molar refractivity (Wildman–Crippen MR) is 153 cm³/mol. The van der Waals surface area contributed by atoms with Gasteiger partial charge in [0.2, 0.25) is 22.1 Å². The number of anilines is 2. The highest BCUT2D eigenvalue weighted by Crippen LogP contribution is 2.43. The van der Waals surface area contributed by atoms with Gasteiger partial charge in [-0.3, -0.25) is 9.59 Å². The third-order valence-electron chi connectivity index (χ3n) is 6.76. The largest absolute Gasteiger partial charge is 0.497 e. The molecule has 1 saturated carbocycles. The summed E-state index contributed by atoms with van der Waals surface area (Å²) in [5.74, 6) is 1.03. The van der Waals surface area contributed by atoms with Crippen molar-refractivity contribution in [1.82, 2.24) is 20.4 Å². The molecule has 1 aliphatic carbocycles. The highest BCUT2D eigenvalue weighted by molar-refractivity contribution is 7.15. The Morgan fingerprint density at radius 1 is 0.795 bits per heavy atom. The Morgan fingerprint density at radius 3 is 1.77 bits per heavy atom. The molecule has 0 radical (unpaired) electrons. The van der Waals surface area contributed by atoms with Gasteiger partial charge in [0, 0.05) is 11.8 Å². The molecule has 2 aromatic carbocycles. The van der Waals surface area contributed by atoms with Crippen molar-refractivity contribution in [3.8, 4) is 5.75 Å². The quantitative estimate of drug-likeness (QED) is 0.276. The first kappa shape index (κ1) is 26.9. The summed E-state index contributed by atoms with van der Waals surface area (Å²) in [6.45, 7) is 2.02. The lowest BCUT2D eigenvalue weighted by molar-refractivity contribution is -0.116. The van der Waals surface area contributed by atoms with Crippen molar-refractivity contribution < 1.29 is 14.3 Å². The third-order valence-corrected chi connectivity index (χ3v) is 8.76. The van der Waals surface area contributed by atoms with Gasteiger partial charge in [0.25, 0.3) is 0 Å². The number of ether oxygens (including phenoxy) is 1. The van der Waals surface area contributed by atoms with Crippen LogP contribution in [0.5, 0.6) is 5.75 Å². The molecule has 4 aromatic rings. The first-order valence-corrected chi connectivity index (χ1v) is 14.5. The zero-order valence-electron chi connectivity index (χ0n) is 21.8. The minimum absolute atomic E-state index is 0.0986. The van der Waals surface area contributed by atoms with Gasteiger partial charge in [0.05, 0.1) is 20.0 Å². The molecule has 0 aliphatic heterocycles. The molecular formula is C28H30N6O3S2. The number of methoxy groups -OCH3 is 1. The fourth-order valence-electron chi connectivity index (χ4n) is 4.69. The number of carbonyl (C=O) groups excluding carboxylic acids is 2. The molecule has 1 aliphatic rings. The van der Waals surface area contributed by atoms with Gasteiger partial charge in [0.1, 0.15) is 15.8 Å². The van der Waals surface area contributed by atoms with Crippen molar-refractivity contribution in [1.29, 1.82) is 0 Å². The van der Waals surface area contributed by atoms with Crippen LogP contribution in [0, 0.1) is 6.92 Å². The van der Waals surface area contributed by atoms with Crippen molar-refractivity contribution in [3.63, 3.8) is 0 Å². The van der Waals surface area contributed by atoms with Gasteiger partial charge in [-0.2, -0.15) is 0 Å². The maximum Gasteiger partial charge on any atom is 0.230 e. The Kier molecular flexibility index (Phi) is 8.58. The number of hydrogen-bond acceptors (Lipinski definition) is 9. The molecule has 2 amide bonds. The molecule has 202 valence electrons. The summed E-state index contributed by atoms with van der Waals surface area (Å²) in [6, 6.07) is 15.4. The van der Waals surface area contributed by atoms with E-state index in [1.807, 2.05) is 55.5 Å². The second kappa shape index (κ2) is 12.4. The number of nitrogens with zero attached hydrogens (tertiary/aromatic N) is 4. The van der Waals surface area contributed by atoms with Gasteiger partial charge in [-0.25, -0.2) is 0 Å². The molecule has 39 heavy (non-hydrogen) atoms. The van der Waals surface area contributed by atoms with Crippen molar-refractivity contribution in [2.45, 2.75) is 57.3 Å². The van der Waals surface area contributed by atoms with Gasteiger partial charge in [-0.05, 0) is 49.4 Å². The van der Waals surface area contributed by atoms with Crippen LogP contribution in [0.2, 0.25) is 0 Å². The van der Waals surface area contributed by atoms with Crippen LogP contribution in [0.25, 0.3) is 0 Å². The fraction of sp³-hybridized carbons (Fsp3) is 0.357. The number of hydrogen-bond donors (Lipinski definition) is 2. The Balaban J connectivity index is 1.14. The van der Waals surface area contributed by atoms with Crippen LogP contribution in [-0.2, 0) is 22.4 Å². The Hall–Kier alpha value is -3.70. The maximum atomic E-state index is 12.5. The van der Waals surface area contributed by atoms with Gasteiger partial charge in [-0.1, -0.05) is 71.1 Å². The second-order valence-corrected chi connectivity index (χ2v) is 11.8. The average Bonchev–Trinajstić information content (AvgIpc) is 3.60. The molecule has 2 heterocycles. The molecule has 2 unspecified atom stereocenters. The fourth-order valence-corrected chi connectivity index (χ4v) is 6.50. The SMILES string of the molecule is COc1ccc(CC(=O)Nc2nnc(C3CCCC(c4nnc(NC(=O)Cc5ccc(C)cc5)s4)C3)s2)cc1. The minimum atomic E-state index is -0.129. The number of carbonyl (C=O) groups is 2. The van der Waals surface area contributed by atoms with Crippen molar-refractivity contribution in [2.24, 2.45) is 0 Å². The lowest BCUT2D eigenvalue weighted by Gasteiger charge is -2.25. The first-order valence-electron chi connectivity index (χ1n) is 12.9. The van der Waals surface area contributed by atoms with E-state index < -0.39 is 0 Å². The van der Waals surface area contributed by atoms with E-state index in [1.165, 1.54) is 22.7 Å². The minimum Gasteiger partial charge on any atom is -0.497 e.